The van der Waals surface area contributed by atoms with Gasteiger partial charge >= 0.3 is 6.03 Å². The van der Waals surface area contributed by atoms with Gasteiger partial charge in [0.25, 0.3) is 0 Å². The van der Waals surface area contributed by atoms with Gasteiger partial charge < -0.3 is 30.7 Å². The topological polar surface area (TPSA) is 103 Å². The highest BCUT2D eigenvalue weighted by Crippen LogP contribution is 2.22. The van der Waals surface area contributed by atoms with Crippen LogP contribution < -0.4 is 16.0 Å². The van der Waals surface area contributed by atoms with Gasteiger partial charge in [0, 0.05) is 19.1 Å². The summed E-state index contributed by atoms with van der Waals surface area (Å²) in [7, 11) is 0. The van der Waals surface area contributed by atoms with Crippen molar-refractivity contribution in [3.05, 3.63) is 0 Å². The molecule has 0 aromatic carbocycles. The van der Waals surface area contributed by atoms with Gasteiger partial charge in [-0.1, -0.05) is 0 Å². The van der Waals surface area contributed by atoms with Crippen LogP contribution in [0.3, 0.4) is 0 Å². The Balaban J connectivity index is 1.68. The molecule has 3 atom stereocenters. The Morgan fingerprint density at radius 1 is 1.23 bits per heavy atom. The van der Waals surface area contributed by atoms with E-state index in [9.17, 15) is 14.7 Å². The van der Waals surface area contributed by atoms with Crippen molar-refractivity contribution in [1.82, 2.24) is 20.9 Å². The quantitative estimate of drug-likeness (QED) is 0.489. The predicted octanol–water partition coefficient (Wildman–Crippen LogP) is 0.205. The summed E-state index contributed by atoms with van der Waals surface area (Å²) in [6.45, 7) is 7.40. The van der Waals surface area contributed by atoms with Crippen LogP contribution in [0.5, 0.6) is 0 Å². The first-order valence-corrected chi connectivity index (χ1v) is 9.80. The van der Waals surface area contributed by atoms with E-state index in [1.54, 1.807) is 0 Å². The average molecular weight is 370 g/mol. The Morgan fingerprint density at radius 2 is 1.96 bits per heavy atom. The van der Waals surface area contributed by atoms with Crippen LogP contribution in [0.2, 0.25) is 0 Å². The van der Waals surface area contributed by atoms with Gasteiger partial charge in [0.1, 0.15) is 6.10 Å². The molecule has 3 amide bonds. The fraction of sp³-hybridized carbons (Fsp3) is 0.889. The standard InChI is InChI=1S/C18H34N4O4/c1-13(2)20-18(25)21-15-6-5-14(26-16(15)12-23)11-17(24)19-7-10-22-8-3-4-9-22/h13-16,23H,3-12H2,1-2H3,(H,19,24)(H2,20,21,25)/t14-,15-,16+/m0/s1. The van der Waals surface area contributed by atoms with Crippen LogP contribution >= 0.6 is 0 Å². The van der Waals surface area contributed by atoms with Crippen molar-refractivity contribution >= 4 is 11.9 Å². The van der Waals surface area contributed by atoms with Crippen molar-refractivity contribution < 1.29 is 19.4 Å². The monoisotopic (exact) mass is 370 g/mol. The lowest BCUT2D eigenvalue weighted by molar-refractivity contribution is -0.130. The molecule has 2 heterocycles. The SMILES string of the molecule is CC(C)NC(=O)N[C@H]1CC[C@@H](CC(=O)NCCN2CCCC2)O[C@@H]1CO. The molecule has 0 aromatic rings. The van der Waals surface area contributed by atoms with Crippen LogP contribution in [0.1, 0.15) is 46.0 Å². The number of aliphatic hydroxyl groups excluding tert-OH is 1. The van der Waals surface area contributed by atoms with Crippen LogP contribution in [0, 0.1) is 0 Å². The molecule has 2 aliphatic heterocycles. The van der Waals surface area contributed by atoms with E-state index >= 15 is 0 Å². The fourth-order valence-electron chi connectivity index (χ4n) is 3.56. The zero-order valence-electron chi connectivity index (χ0n) is 16.0. The molecule has 0 spiro atoms. The molecule has 8 heteroatoms. The summed E-state index contributed by atoms with van der Waals surface area (Å²) in [4.78, 5) is 26.3. The highest BCUT2D eigenvalue weighted by Gasteiger charge is 2.32. The molecule has 2 saturated heterocycles. The van der Waals surface area contributed by atoms with E-state index in [4.69, 9.17) is 4.74 Å². The molecule has 2 aliphatic rings. The van der Waals surface area contributed by atoms with Crippen LogP contribution in [0.15, 0.2) is 0 Å². The van der Waals surface area contributed by atoms with Gasteiger partial charge in [0.15, 0.2) is 0 Å². The highest BCUT2D eigenvalue weighted by molar-refractivity contribution is 5.76. The number of urea groups is 1. The molecule has 26 heavy (non-hydrogen) atoms. The molecule has 150 valence electrons. The maximum absolute atomic E-state index is 12.1. The molecule has 0 radical (unpaired) electrons. The molecule has 2 rings (SSSR count). The molecule has 0 bridgehead atoms. The molecular weight excluding hydrogens is 336 g/mol. The normalized spacial score (nSPS) is 26.7. The summed E-state index contributed by atoms with van der Waals surface area (Å²) in [6.07, 6.45) is 3.45. The van der Waals surface area contributed by atoms with E-state index in [0.29, 0.717) is 25.8 Å². The number of amides is 3. The fourth-order valence-corrected chi connectivity index (χ4v) is 3.56. The zero-order valence-corrected chi connectivity index (χ0v) is 16.0. The summed E-state index contributed by atoms with van der Waals surface area (Å²) in [5, 5.41) is 18.1. The van der Waals surface area contributed by atoms with Gasteiger partial charge in [-0.3, -0.25) is 4.79 Å². The third-order valence-electron chi connectivity index (χ3n) is 4.89. The maximum atomic E-state index is 12.1. The zero-order chi connectivity index (χ0) is 18.9. The molecule has 0 aromatic heterocycles. The van der Waals surface area contributed by atoms with Crippen LogP contribution in [0.25, 0.3) is 0 Å². The minimum absolute atomic E-state index is 0.0187. The van der Waals surface area contributed by atoms with Crippen molar-refractivity contribution in [2.45, 2.75) is 70.2 Å². The van der Waals surface area contributed by atoms with E-state index in [1.165, 1.54) is 12.8 Å². The van der Waals surface area contributed by atoms with E-state index in [1.807, 2.05) is 13.8 Å². The second-order valence-electron chi connectivity index (χ2n) is 7.54. The average Bonchev–Trinajstić information content (AvgIpc) is 3.08. The van der Waals surface area contributed by atoms with Crippen molar-refractivity contribution in [2.24, 2.45) is 0 Å². The number of nitrogens with zero attached hydrogens (tertiary/aromatic N) is 1. The number of nitrogens with one attached hydrogen (secondary N) is 3. The van der Waals surface area contributed by atoms with Crippen LogP contribution in [-0.4, -0.2) is 79.0 Å². The first kappa shape index (κ1) is 20.9. The number of hydrogen-bond acceptors (Lipinski definition) is 5. The summed E-state index contributed by atoms with van der Waals surface area (Å²) >= 11 is 0. The summed E-state index contributed by atoms with van der Waals surface area (Å²) < 4.78 is 5.84. The second kappa shape index (κ2) is 10.7. The predicted molar refractivity (Wildman–Crippen MR) is 98.9 cm³/mol. The summed E-state index contributed by atoms with van der Waals surface area (Å²) in [5.74, 6) is -0.0187. The number of hydrogen-bond donors (Lipinski definition) is 4. The maximum Gasteiger partial charge on any atom is 0.315 e. The van der Waals surface area contributed by atoms with Crippen LogP contribution in [0.4, 0.5) is 4.79 Å². The Hall–Kier alpha value is -1.38. The number of rotatable bonds is 8. The van der Waals surface area contributed by atoms with Crippen LogP contribution in [-0.2, 0) is 9.53 Å². The molecule has 0 unspecified atom stereocenters. The molecule has 2 fully saturated rings. The highest BCUT2D eigenvalue weighted by atomic mass is 16.5. The lowest BCUT2D eigenvalue weighted by atomic mass is 9.97. The van der Waals surface area contributed by atoms with E-state index in [2.05, 4.69) is 20.9 Å². The molecule has 0 aliphatic carbocycles. The lowest BCUT2D eigenvalue weighted by Gasteiger charge is -2.36. The molecular formula is C18H34N4O4. The smallest absolute Gasteiger partial charge is 0.315 e. The van der Waals surface area contributed by atoms with Gasteiger partial charge in [-0.25, -0.2) is 4.79 Å². The molecule has 8 nitrogen and oxygen atoms in total. The Bertz CT molecular complexity index is 454. The third-order valence-corrected chi connectivity index (χ3v) is 4.89. The van der Waals surface area contributed by atoms with Gasteiger partial charge in [-0.15, -0.1) is 0 Å². The van der Waals surface area contributed by atoms with Crippen molar-refractivity contribution in [3.8, 4) is 0 Å². The Morgan fingerprint density at radius 3 is 2.62 bits per heavy atom. The minimum atomic E-state index is -0.482. The van der Waals surface area contributed by atoms with Crippen molar-refractivity contribution in [1.29, 1.82) is 0 Å². The largest absolute Gasteiger partial charge is 0.394 e. The van der Waals surface area contributed by atoms with Gasteiger partial charge in [0.2, 0.25) is 5.91 Å². The summed E-state index contributed by atoms with van der Waals surface area (Å²) in [6, 6.07) is -0.456. The third kappa shape index (κ3) is 7.09. The second-order valence-corrected chi connectivity index (χ2v) is 7.54. The molecule has 0 saturated carbocycles. The first-order chi connectivity index (χ1) is 12.5. The Labute approximate surface area is 156 Å². The van der Waals surface area contributed by atoms with E-state index in [-0.39, 0.29) is 36.7 Å². The van der Waals surface area contributed by atoms with Crippen molar-refractivity contribution in [3.63, 3.8) is 0 Å². The van der Waals surface area contributed by atoms with Gasteiger partial charge in [-0.05, 0) is 52.6 Å². The summed E-state index contributed by atoms with van der Waals surface area (Å²) in [5.41, 5.74) is 0. The number of likely N-dealkylation sites (tertiary alicyclic amines) is 1. The minimum Gasteiger partial charge on any atom is -0.394 e. The lowest BCUT2D eigenvalue weighted by Crippen LogP contribution is -2.54. The first-order valence-electron chi connectivity index (χ1n) is 9.80. The van der Waals surface area contributed by atoms with E-state index in [0.717, 1.165) is 19.6 Å². The van der Waals surface area contributed by atoms with Gasteiger partial charge in [0.05, 0.1) is 25.2 Å². The van der Waals surface area contributed by atoms with E-state index < -0.39 is 6.10 Å². The number of aliphatic hydroxyl groups is 1. The molecule has 4 N–H and O–H groups in total. The van der Waals surface area contributed by atoms with Gasteiger partial charge in [-0.2, -0.15) is 0 Å². The number of ether oxygens (including phenoxy) is 1. The van der Waals surface area contributed by atoms with Crippen molar-refractivity contribution in [2.75, 3.05) is 32.8 Å². The Kier molecular flexibility index (Phi) is 8.61. The number of carbonyl (C=O) groups excluding carboxylic acids is 2. The number of carbonyl (C=O) groups is 2.